The summed E-state index contributed by atoms with van der Waals surface area (Å²) >= 11 is 1.31. The SMILES string of the molecule is CC(=[OH+])/C=C(/C)O.CC1(C)N=C(c2[c-]cccc2)C(C)(C)C(=O)S1.[Ir]. The van der Waals surface area contributed by atoms with Crippen LogP contribution in [0.4, 0.5) is 0 Å². The molecule has 6 heteroatoms. The van der Waals surface area contributed by atoms with Crippen LogP contribution in [0.2, 0.25) is 0 Å². The Bertz CT molecular complexity index is 675. The summed E-state index contributed by atoms with van der Waals surface area (Å²) in [5, 5.41) is 8.57. The van der Waals surface area contributed by atoms with Crippen molar-refractivity contribution in [2.75, 3.05) is 0 Å². The van der Waals surface area contributed by atoms with Gasteiger partial charge in [-0.1, -0.05) is 25.6 Å². The molecule has 0 aliphatic carbocycles. The van der Waals surface area contributed by atoms with Gasteiger partial charge in [-0.2, -0.15) is 0 Å². The molecule has 1 aliphatic heterocycles. The van der Waals surface area contributed by atoms with Crippen LogP contribution in [0, 0.1) is 11.5 Å². The first-order valence-electron chi connectivity index (χ1n) is 7.66. The number of allylic oxidation sites excluding steroid dienone is 2. The van der Waals surface area contributed by atoms with Crippen molar-refractivity contribution in [3.8, 4) is 0 Å². The molecule has 4 nitrogen and oxygen atoms in total. The Balaban J connectivity index is 0.000000620. The van der Waals surface area contributed by atoms with Crippen LogP contribution in [0.3, 0.4) is 0 Å². The Labute approximate surface area is 167 Å². The van der Waals surface area contributed by atoms with Crippen molar-refractivity contribution in [3.05, 3.63) is 47.7 Å². The molecule has 0 fully saturated rings. The van der Waals surface area contributed by atoms with Crippen LogP contribution in [0.1, 0.15) is 47.1 Å². The number of hydrogen-bond donors (Lipinski definition) is 1. The largest absolute Gasteiger partial charge is 0.512 e. The molecule has 0 saturated carbocycles. The van der Waals surface area contributed by atoms with Crippen molar-refractivity contribution in [1.29, 1.82) is 0 Å². The van der Waals surface area contributed by atoms with Gasteiger partial charge in [0.25, 0.3) is 0 Å². The van der Waals surface area contributed by atoms with E-state index in [9.17, 15) is 4.79 Å². The minimum Gasteiger partial charge on any atom is -0.512 e. The van der Waals surface area contributed by atoms with E-state index in [0.29, 0.717) is 0 Å². The summed E-state index contributed by atoms with van der Waals surface area (Å²) in [4.78, 5) is 24.9. The van der Waals surface area contributed by atoms with Crippen molar-refractivity contribution >= 4 is 28.4 Å². The fourth-order valence-electron chi connectivity index (χ4n) is 2.12. The summed E-state index contributed by atoms with van der Waals surface area (Å²) < 4.78 is 0. The second kappa shape index (κ2) is 9.46. The number of carbonyl (C=O) groups excluding carboxylic acids is 2. The molecule has 25 heavy (non-hydrogen) atoms. The molecule has 1 aliphatic rings. The van der Waals surface area contributed by atoms with E-state index < -0.39 is 5.41 Å². The Hall–Kier alpha value is -1.23. The number of rotatable bonds is 2. The number of aliphatic hydroxyl groups is 1. The minimum absolute atomic E-state index is 0. The van der Waals surface area contributed by atoms with Crippen LogP contribution < -0.4 is 0 Å². The molecule has 0 spiro atoms. The first kappa shape index (κ1) is 23.8. The molecule has 139 valence electrons. The number of hydrogen-bond acceptors (Lipinski definition) is 4. The summed E-state index contributed by atoms with van der Waals surface area (Å²) in [5.74, 6) is 0.250. The maximum absolute atomic E-state index is 12.2. The van der Waals surface area contributed by atoms with Gasteiger partial charge in [0.15, 0.2) is 5.12 Å². The second-order valence-electron chi connectivity index (χ2n) is 6.63. The predicted octanol–water partition coefficient (Wildman–Crippen LogP) is 4.32. The van der Waals surface area contributed by atoms with E-state index in [1.165, 1.54) is 31.7 Å². The van der Waals surface area contributed by atoms with Crippen molar-refractivity contribution in [2.45, 2.75) is 46.4 Å². The molecule has 1 aromatic rings. The first-order valence-corrected chi connectivity index (χ1v) is 8.48. The van der Waals surface area contributed by atoms with Crippen molar-refractivity contribution in [2.24, 2.45) is 10.4 Å². The number of nitrogens with zero attached hydrogens (tertiary/aromatic N) is 1. The number of aliphatic imine (C=N–C) groups is 1. The normalized spacial score (nSPS) is 18.2. The molecule has 1 radical (unpaired) electrons. The molecule has 1 heterocycles. The number of aliphatic hydroxyl groups excluding tert-OH is 1. The summed E-state index contributed by atoms with van der Waals surface area (Å²) in [6.45, 7) is 10.8. The number of ketones is 1. The van der Waals surface area contributed by atoms with Crippen LogP contribution in [0.15, 0.2) is 41.1 Å². The van der Waals surface area contributed by atoms with E-state index in [4.69, 9.17) is 14.9 Å². The minimum atomic E-state index is -0.544. The topological polar surface area (TPSA) is 71.1 Å². The monoisotopic (exact) mass is 540 g/mol. The Morgan fingerprint density at radius 2 is 1.88 bits per heavy atom. The molecule has 0 saturated heterocycles. The second-order valence-corrected chi connectivity index (χ2v) is 8.20. The van der Waals surface area contributed by atoms with E-state index in [0.717, 1.165) is 11.3 Å². The molecule has 0 unspecified atom stereocenters. The zero-order valence-corrected chi connectivity index (χ0v) is 18.6. The first-order chi connectivity index (χ1) is 11.0. The van der Waals surface area contributed by atoms with Crippen LogP contribution >= 0.6 is 11.8 Å². The van der Waals surface area contributed by atoms with Crippen LogP contribution in [0.25, 0.3) is 0 Å². The van der Waals surface area contributed by atoms with E-state index in [1.807, 2.05) is 52.0 Å². The van der Waals surface area contributed by atoms with E-state index in [-0.39, 0.29) is 41.6 Å². The smallest absolute Gasteiger partial charge is 0.316 e. The number of carbonyl (C=O) groups is 1. The summed E-state index contributed by atoms with van der Waals surface area (Å²) in [6, 6.07) is 10.8. The number of benzene rings is 1. The van der Waals surface area contributed by atoms with Crippen molar-refractivity contribution in [3.63, 3.8) is 0 Å². The zero-order valence-electron chi connectivity index (χ0n) is 15.4. The molecular formula is C19H25IrNO3S. The molecule has 0 aromatic heterocycles. The maximum atomic E-state index is 12.2. The predicted molar refractivity (Wildman–Crippen MR) is 101 cm³/mol. The van der Waals surface area contributed by atoms with Crippen LogP contribution in [-0.4, -0.2) is 31.4 Å². The Morgan fingerprint density at radius 3 is 2.28 bits per heavy atom. The van der Waals surface area contributed by atoms with Gasteiger partial charge >= 0.3 is 5.78 Å². The van der Waals surface area contributed by atoms with Crippen molar-refractivity contribution < 1.29 is 34.8 Å². The van der Waals surface area contributed by atoms with Gasteiger partial charge in [-0.25, -0.2) is 0 Å². The van der Waals surface area contributed by atoms with Crippen LogP contribution in [0.5, 0.6) is 0 Å². The maximum Gasteiger partial charge on any atom is 0.316 e. The van der Waals surface area contributed by atoms with Crippen LogP contribution in [-0.2, 0) is 24.9 Å². The third-order valence-corrected chi connectivity index (χ3v) is 4.49. The van der Waals surface area contributed by atoms with E-state index in [1.54, 1.807) is 0 Å². The molecule has 2 rings (SSSR count). The van der Waals surface area contributed by atoms with Gasteiger partial charge in [0, 0.05) is 25.5 Å². The van der Waals surface area contributed by atoms with E-state index in [2.05, 4.69) is 6.07 Å². The summed E-state index contributed by atoms with van der Waals surface area (Å²) in [5.41, 5.74) is 1.21. The zero-order chi connectivity index (χ0) is 18.5. The van der Waals surface area contributed by atoms with Gasteiger partial charge in [-0.05, 0) is 26.5 Å². The fraction of sp³-hybridized carbons (Fsp3) is 0.421. The van der Waals surface area contributed by atoms with Gasteiger partial charge in [0.1, 0.15) is 0 Å². The molecule has 1 aromatic carbocycles. The quantitative estimate of drug-likeness (QED) is 0.263. The third kappa shape index (κ3) is 7.26. The third-order valence-electron chi connectivity index (χ3n) is 3.21. The average Bonchev–Trinajstić information content (AvgIpc) is 2.43. The summed E-state index contributed by atoms with van der Waals surface area (Å²) in [6.07, 6.45) is 1.28. The molecular weight excluding hydrogens is 514 g/mol. The van der Waals surface area contributed by atoms with Gasteiger partial charge in [-0.3, -0.25) is 9.59 Å². The standard InChI is InChI=1S/C14H16NOS.C5H8O2.Ir/c1-13(2)11(10-8-6-5-7-9-10)15-14(3,4)17-12(13)16;1-4(6)3-5(2)7;/h5-8H,1-4H3;3,6H,1-2H3;/q-1;;/p+1/b;4-3-;. The summed E-state index contributed by atoms with van der Waals surface area (Å²) in [7, 11) is 0. The molecule has 2 N–H and O–H groups in total. The molecule has 0 amide bonds. The Kier molecular flexibility index (Phi) is 9.00. The van der Waals surface area contributed by atoms with E-state index >= 15 is 0 Å². The van der Waals surface area contributed by atoms with Gasteiger partial charge in [0.05, 0.1) is 23.6 Å². The molecule has 0 bridgehead atoms. The van der Waals surface area contributed by atoms with Gasteiger partial charge in [0.2, 0.25) is 0 Å². The van der Waals surface area contributed by atoms with Gasteiger partial charge in [-0.15, -0.1) is 35.9 Å². The number of thioether (sulfide) groups is 1. The fourth-order valence-corrected chi connectivity index (χ4v) is 3.07. The van der Waals surface area contributed by atoms with Gasteiger partial charge < -0.3 is 10.1 Å². The average molecular weight is 540 g/mol. The molecule has 0 atom stereocenters. The van der Waals surface area contributed by atoms with Crippen molar-refractivity contribution in [1.82, 2.24) is 0 Å². The Morgan fingerprint density at radius 1 is 1.28 bits per heavy atom.